The van der Waals surface area contributed by atoms with Crippen LogP contribution in [0.4, 0.5) is 0 Å². The highest BCUT2D eigenvalue weighted by atomic mass is 16.4. The fourth-order valence-corrected chi connectivity index (χ4v) is 3.08. The van der Waals surface area contributed by atoms with Gasteiger partial charge in [0.25, 0.3) is 0 Å². The molecule has 0 aromatic heterocycles. The van der Waals surface area contributed by atoms with E-state index >= 15 is 0 Å². The van der Waals surface area contributed by atoms with Crippen molar-refractivity contribution in [3.8, 4) is 0 Å². The van der Waals surface area contributed by atoms with Gasteiger partial charge in [-0.15, -0.1) is 0 Å². The summed E-state index contributed by atoms with van der Waals surface area (Å²) in [4.78, 5) is 48.2. The van der Waals surface area contributed by atoms with Crippen LogP contribution in [0.3, 0.4) is 0 Å². The van der Waals surface area contributed by atoms with Crippen LogP contribution in [0.25, 0.3) is 0 Å². The molecule has 5 N–H and O–H groups in total. The van der Waals surface area contributed by atoms with Crippen LogP contribution in [0, 0.1) is 11.8 Å². The molecule has 1 rings (SSSR count). The Morgan fingerprint density at radius 2 is 1.82 bits per heavy atom. The van der Waals surface area contributed by atoms with Crippen LogP contribution in [0.15, 0.2) is 0 Å². The van der Waals surface area contributed by atoms with Crippen molar-refractivity contribution in [1.82, 2.24) is 21.3 Å². The molecule has 9 nitrogen and oxygen atoms in total. The molecule has 1 aliphatic heterocycles. The molecular formula is C19H34N4O5. The van der Waals surface area contributed by atoms with E-state index in [1.54, 1.807) is 6.92 Å². The second kappa shape index (κ2) is 11.6. The molecule has 4 unspecified atom stereocenters. The van der Waals surface area contributed by atoms with E-state index in [-0.39, 0.29) is 30.3 Å². The van der Waals surface area contributed by atoms with Crippen LogP contribution in [0.2, 0.25) is 0 Å². The summed E-state index contributed by atoms with van der Waals surface area (Å²) in [7, 11) is 0. The number of carbonyl (C=O) groups is 4. The van der Waals surface area contributed by atoms with E-state index in [1.165, 1.54) is 0 Å². The normalized spacial score (nSPS) is 19.5. The zero-order chi connectivity index (χ0) is 21.3. The van der Waals surface area contributed by atoms with Gasteiger partial charge in [0.2, 0.25) is 17.7 Å². The molecule has 0 aliphatic carbocycles. The Morgan fingerprint density at radius 1 is 1.14 bits per heavy atom. The highest BCUT2D eigenvalue weighted by Gasteiger charge is 2.29. The molecule has 0 spiro atoms. The van der Waals surface area contributed by atoms with Gasteiger partial charge in [-0.05, 0) is 37.6 Å². The molecule has 0 saturated carbocycles. The first-order valence-electron chi connectivity index (χ1n) is 9.99. The third kappa shape index (κ3) is 7.84. The highest BCUT2D eigenvalue weighted by molar-refractivity contribution is 5.92. The zero-order valence-electron chi connectivity index (χ0n) is 17.2. The molecule has 0 aromatic rings. The molecule has 1 aliphatic rings. The van der Waals surface area contributed by atoms with Crippen molar-refractivity contribution in [1.29, 1.82) is 0 Å². The molecule has 160 valence electrons. The minimum absolute atomic E-state index is 0.170. The number of aliphatic carboxylic acids is 1. The van der Waals surface area contributed by atoms with Gasteiger partial charge in [-0.3, -0.25) is 14.4 Å². The summed E-state index contributed by atoms with van der Waals surface area (Å²) < 4.78 is 0. The minimum Gasteiger partial charge on any atom is -0.480 e. The number of amides is 3. The van der Waals surface area contributed by atoms with Gasteiger partial charge in [0.05, 0.1) is 12.6 Å². The maximum absolute atomic E-state index is 12.5. The van der Waals surface area contributed by atoms with E-state index in [1.807, 2.05) is 20.8 Å². The first-order chi connectivity index (χ1) is 13.1. The first-order valence-corrected chi connectivity index (χ1v) is 9.99. The molecule has 9 heteroatoms. The smallest absolute Gasteiger partial charge is 0.326 e. The summed E-state index contributed by atoms with van der Waals surface area (Å²) in [6.07, 6.45) is 2.69. The van der Waals surface area contributed by atoms with Crippen LogP contribution < -0.4 is 21.3 Å². The Balaban J connectivity index is 2.60. The highest BCUT2D eigenvalue weighted by Crippen LogP contribution is 2.09. The summed E-state index contributed by atoms with van der Waals surface area (Å²) in [5.74, 6) is -2.42. The number of rotatable bonds is 11. The maximum atomic E-state index is 12.5. The van der Waals surface area contributed by atoms with Crippen molar-refractivity contribution < 1.29 is 24.3 Å². The second-order valence-electron chi connectivity index (χ2n) is 7.83. The Bertz CT molecular complexity index is 561. The molecule has 1 saturated heterocycles. The summed E-state index contributed by atoms with van der Waals surface area (Å²) in [6, 6.07) is -2.04. The molecule has 4 atom stereocenters. The fraction of sp³-hybridized carbons (Fsp3) is 0.789. The average Bonchev–Trinajstić information content (AvgIpc) is 3.17. The SMILES string of the molecule is CCC(C)C(NC(=O)CNC(=O)C(CC(C)C)NC(=O)C1CCCN1)C(=O)O. The van der Waals surface area contributed by atoms with E-state index in [4.69, 9.17) is 0 Å². The Morgan fingerprint density at radius 3 is 2.32 bits per heavy atom. The third-order valence-corrected chi connectivity index (χ3v) is 4.94. The van der Waals surface area contributed by atoms with Crippen molar-refractivity contribution >= 4 is 23.7 Å². The van der Waals surface area contributed by atoms with Crippen LogP contribution in [0.1, 0.15) is 53.4 Å². The predicted octanol–water partition coefficient (Wildman–Crippen LogP) is 0.00100. The first kappa shape index (κ1) is 23.9. The van der Waals surface area contributed by atoms with Crippen molar-refractivity contribution in [2.45, 2.75) is 71.5 Å². The van der Waals surface area contributed by atoms with Gasteiger partial charge in [-0.2, -0.15) is 0 Å². The van der Waals surface area contributed by atoms with E-state index in [0.29, 0.717) is 12.8 Å². The summed E-state index contributed by atoms with van der Waals surface area (Å²) in [5, 5.41) is 20.0. The molecular weight excluding hydrogens is 364 g/mol. The summed E-state index contributed by atoms with van der Waals surface area (Å²) in [6.45, 7) is 7.90. The second-order valence-corrected chi connectivity index (χ2v) is 7.83. The molecule has 0 bridgehead atoms. The third-order valence-electron chi connectivity index (χ3n) is 4.94. The molecule has 28 heavy (non-hydrogen) atoms. The monoisotopic (exact) mass is 398 g/mol. The molecule has 0 radical (unpaired) electrons. The van der Waals surface area contributed by atoms with Gasteiger partial charge in [-0.1, -0.05) is 34.1 Å². The Hall–Kier alpha value is -2.16. The standard InChI is InChI=1S/C19H34N4O5/c1-5-12(4)16(19(27)28)23-15(24)10-21-17(25)14(9-11(2)3)22-18(26)13-7-6-8-20-13/h11-14,16,20H,5-10H2,1-4H3,(H,21,25)(H,22,26)(H,23,24)(H,27,28). The number of hydrogen-bond donors (Lipinski definition) is 5. The van der Waals surface area contributed by atoms with E-state index < -0.39 is 29.9 Å². The largest absolute Gasteiger partial charge is 0.480 e. The molecule has 1 heterocycles. The van der Waals surface area contributed by atoms with Gasteiger partial charge in [-0.25, -0.2) is 4.79 Å². The maximum Gasteiger partial charge on any atom is 0.326 e. The quantitative estimate of drug-likeness (QED) is 0.332. The fourth-order valence-electron chi connectivity index (χ4n) is 3.08. The van der Waals surface area contributed by atoms with Crippen molar-refractivity contribution in [2.24, 2.45) is 11.8 Å². The summed E-state index contributed by atoms with van der Waals surface area (Å²) in [5.41, 5.74) is 0. The lowest BCUT2D eigenvalue weighted by molar-refractivity contribution is -0.143. The Labute approximate surface area is 166 Å². The van der Waals surface area contributed by atoms with E-state index in [2.05, 4.69) is 21.3 Å². The van der Waals surface area contributed by atoms with Crippen molar-refractivity contribution in [3.05, 3.63) is 0 Å². The zero-order valence-corrected chi connectivity index (χ0v) is 17.2. The number of carboxylic acids is 1. The van der Waals surface area contributed by atoms with Crippen LogP contribution in [-0.4, -0.2) is 60.0 Å². The van der Waals surface area contributed by atoms with Crippen LogP contribution >= 0.6 is 0 Å². The van der Waals surface area contributed by atoms with Crippen molar-refractivity contribution in [3.63, 3.8) is 0 Å². The topological polar surface area (TPSA) is 137 Å². The molecule has 3 amide bonds. The number of nitrogens with one attached hydrogen (secondary N) is 4. The van der Waals surface area contributed by atoms with Gasteiger partial charge >= 0.3 is 5.97 Å². The van der Waals surface area contributed by atoms with Gasteiger partial charge in [0.15, 0.2) is 0 Å². The lowest BCUT2D eigenvalue weighted by Gasteiger charge is -2.23. The van der Waals surface area contributed by atoms with Gasteiger partial charge < -0.3 is 26.4 Å². The lowest BCUT2D eigenvalue weighted by atomic mass is 9.99. The van der Waals surface area contributed by atoms with E-state index in [9.17, 15) is 24.3 Å². The Kier molecular flexibility index (Phi) is 9.92. The van der Waals surface area contributed by atoms with Gasteiger partial charge in [0, 0.05) is 0 Å². The molecule has 0 aromatic carbocycles. The van der Waals surface area contributed by atoms with Gasteiger partial charge in [0.1, 0.15) is 12.1 Å². The average molecular weight is 399 g/mol. The van der Waals surface area contributed by atoms with Crippen LogP contribution in [-0.2, 0) is 19.2 Å². The predicted molar refractivity (Wildman–Crippen MR) is 104 cm³/mol. The lowest BCUT2D eigenvalue weighted by Crippen LogP contribution is -2.54. The van der Waals surface area contributed by atoms with E-state index in [0.717, 1.165) is 19.4 Å². The minimum atomic E-state index is -1.11. The van der Waals surface area contributed by atoms with Crippen LogP contribution in [0.5, 0.6) is 0 Å². The number of carbonyl (C=O) groups excluding carboxylic acids is 3. The van der Waals surface area contributed by atoms with Crippen molar-refractivity contribution in [2.75, 3.05) is 13.1 Å². The number of hydrogen-bond acceptors (Lipinski definition) is 5. The summed E-state index contributed by atoms with van der Waals surface area (Å²) >= 11 is 0. The number of carboxylic acid groups (broad SMARTS) is 1. The molecule has 1 fully saturated rings.